The highest BCUT2D eigenvalue weighted by Gasteiger charge is 2.26. The summed E-state index contributed by atoms with van der Waals surface area (Å²) in [4.78, 5) is 26.5. The average Bonchev–Trinajstić information content (AvgIpc) is 2.66. The minimum Gasteiger partial charge on any atom is -0.484 e. The van der Waals surface area contributed by atoms with Crippen LogP contribution in [0.25, 0.3) is 0 Å². The van der Waals surface area contributed by atoms with Crippen LogP contribution in [-0.4, -0.2) is 35.9 Å². The fourth-order valence-electron chi connectivity index (χ4n) is 2.44. The Bertz CT molecular complexity index is 720. The molecule has 0 bridgehead atoms. The Kier molecular flexibility index (Phi) is 7.48. The molecule has 2 aromatic rings. The summed E-state index contributed by atoms with van der Waals surface area (Å²) in [5.41, 5.74) is 0.888. The summed E-state index contributed by atoms with van der Waals surface area (Å²) in [6, 6.07) is 15.7. The molecule has 1 atom stereocenters. The predicted molar refractivity (Wildman–Crippen MR) is 102 cm³/mol. The van der Waals surface area contributed by atoms with Gasteiger partial charge in [-0.25, -0.2) is 0 Å². The second kappa shape index (κ2) is 9.82. The zero-order valence-electron chi connectivity index (χ0n) is 14.9. The normalized spacial score (nSPS) is 11.5. The standard InChI is InChI=1S/C20H23ClN2O3/c1-3-22-20(25)15(2)23(13-16-9-11-17(21)12-10-16)19(24)14-26-18-7-5-4-6-8-18/h4-12,15H,3,13-14H2,1-2H3,(H,22,25)/t15-/m0/s1. The molecule has 0 fully saturated rings. The molecule has 0 aliphatic rings. The van der Waals surface area contributed by atoms with Crippen LogP contribution < -0.4 is 10.1 Å². The van der Waals surface area contributed by atoms with Crippen molar-refractivity contribution in [2.24, 2.45) is 0 Å². The van der Waals surface area contributed by atoms with E-state index in [-0.39, 0.29) is 18.4 Å². The van der Waals surface area contributed by atoms with Crippen LogP contribution in [0.5, 0.6) is 5.75 Å². The van der Waals surface area contributed by atoms with Crippen molar-refractivity contribution in [2.45, 2.75) is 26.4 Å². The number of ether oxygens (including phenoxy) is 1. The van der Waals surface area contributed by atoms with Gasteiger partial charge in [-0.2, -0.15) is 0 Å². The van der Waals surface area contributed by atoms with Crippen LogP contribution in [0.3, 0.4) is 0 Å². The number of likely N-dealkylation sites (N-methyl/N-ethyl adjacent to an activating group) is 1. The summed E-state index contributed by atoms with van der Waals surface area (Å²) in [7, 11) is 0. The van der Waals surface area contributed by atoms with Crippen molar-refractivity contribution in [2.75, 3.05) is 13.2 Å². The Hall–Kier alpha value is -2.53. The number of nitrogens with one attached hydrogen (secondary N) is 1. The third-order valence-corrected chi connectivity index (χ3v) is 4.14. The van der Waals surface area contributed by atoms with Gasteiger partial charge in [-0.15, -0.1) is 0 Å². The fourth-order valence-corrected chi connectivity index (χ4v) is 2.56. The first kappa shape index (κ1) is 19.8. The van der Waals surface area contributed by atoms with Crippen LogP contribution >= 0.6 is 11.6 Å². The molecule has 0 spiro atoms. The van der Waals surface area contributed by atoms with Gasteiger partial charge in [-0.3, -0.25) is 9.59 Å². The molecule has 5 nitrogen and oxygen atoms in total. The molecule has 2 rings (SSSR count). The highest BCUT2D eigenvalue weighted by molar-refractivity contribution is 6.30. The zero-order chi connectivity index (χ0) is 18.9. The zero-order valence-corrected chi connectivity index (χ0v) is 15.7. The Labute approximate surface area is 158 Å². The summed E-state index contributed by atoms with van der Waals surface area (Å²) >= 11 is 5.92. The predicted octanol–water partition coefficient (Wildman–Crippen LogP) is 3.27. The van der Waals surface area contributed by atoms with Gasteiger partial charge in [0.2, 0.25) is 5.91 Å². The molecule has 0 aromatic heterocycles. The van der Waals surface area contributed by atoms with Gasteiger partial charge in [0.05, 0.1) is 0 Å². The minimum atomic E-state index is -0.613. The number of nitrogens with zero attached hydrogens (tertiary/aromatic N) is 1. The summed E-state index contributed by atoms with van der Waals surface area (Å²) in [5.74, 6) is 0.148. The Morgan fingerprint density at radius 2 is 1.77 bits per heavy atom. The van der Waals surface area contributed by atoms with Crippen molar-refractivity contribution >= 4 is 23.4 Å². The molecule has 0 saturated carbocycles. The van der Waals surface area contributed by atoms with Gasteiger partial charge >= 0.3 is 0 Å². The van der Waals surface area contributed by atoms with E-state index in [2.05, 4.69) is 5.32 Å². The first-order valence-corrected chi connectivity index (χ1v) is 8.88. The van der Waals surface area contributed by atoms with Gasteiger partial charge in [0.25, 0.3) is 5.91 Å². The number of hydrogen-bond acceptors (Lipinski definition) is 3. The number of carbonyl (C=O) groups is 2. The summed E-state index contributed by atoms with van der Waals surface area (Å²) < 4.78 is 5.55. The molecular weight excluding hydrogens is 352 g/mol. The van der Waals surface area contributed by atoms with Gasteiger partial charge < -0.3 is 15.0 Å². The van der Waals surface area contributed by atoms with E-state index in [0.29, 0.717) is 23.9 Å². The molecule has 2 amide bonds. The number of hydrogen-bond donors (Lipinski definition) is 1. The van der Waals surface area contributed by atoms with Crippen molar-refractivity contribution in [1.82, 2.24) is 10.2 Å². The minimum absolute atomic E-state index is 0.138. The van der Waals surface area contributed by atoms with E-state index in [9.17, 15) is 9.59 Å². The molecule has 26 heavy (non-hydrogen) atoms. The van der Waals surface area contributed by atoms with Crippen molar-refractivity contribution in [3.8, 4) is 5.75 Å². The number of amides is 2. The number of para-hydroxylation sites is 1. The highest BCUT2D eigenvalue weighted by Crippen LogP contribution is 2.15. The summed E-state index contributed by atoms with van der Waals surface area (Å²) in [5, 5.41) is 3.38. The van der Waals surface area contributed by atoms with Crippen molar-refractivity contribution in [3.05, 3.63) is 65.2 Å². The molecule has 1 N–H and O–H groups in total. The molecular formula is C20H23ClN2O3. The van der Waals surface area contributed by atoms with Crippen LogP contribution in [0.1, 0.15) is 19.4 Å². The Balaban J connectivity index is 2.11. The first-order chi connectivity index (χ1) is 12.5. The van der Waals surface area contributed by atoms with E-state index in [1.54, 1.807) is 31.2 Å². The SMILES string of the molecule is CCNC(=O)[C@H](C)N(Cc1ccc(Cl)cc1)C(=O)COc1ccccc1. The maximum Gasteiger partial charge on any atom is 0.261 e. The average molecular weight is 375 g/mol. The van der Waals surface area contributed by atoms with Crippen LogP contribution in [0.15, 0.2) is 54.6 Å². The molecule has 6 heteroatoms. The second-order valence-electron chi connectivity index (χ2n) is 5.82. The largest absolute Gasteiger partial charge is 0.484 e. The number of benzene rings is 2. The Morgan fingerprint density at radius 3 is 2.38 bits per heavy atom. The molecule has 0 aliphatic carbocycles. The fraction of sp³-hybridized carbons (Fsp3) is 0.300. The molecule has 0 radical (unpaired) electrons. The van der Waals surface area contributed by atoms with Crippen LogP contribution in [0, 0.1) is 0 Å². The van der Waals surface area contributed by atoms with Gasteiger partial charge in [-0.05, 0) is 43.7 Å². The first-order valence-electron chi connectivity index (χ1n) is 8.50. The lowest BCUT2D eigenvalue weighted by atomic mass is 10.1. The maximum absolute atomic E-state index is 12.7. The lowest BCUT2D eigenvalue weighted by Crippen LogP contribution is -2.49. The molecule has 138 valence electrons. The molecule has 0 aliphatic heterocycles. The van der Waals surface area contributed by atoms with Crippen molar-refractivity contribution < 1.29 is 14.3 Å². The van der Waals surface area contributed by atoms with Crippen LogP contribution in [0.4, 0.5) is 0 Å². The third kappa shape index (κ3) is 5.77. The van der Waals surface area contributed by atoms with E-state index in [1.165, 1.54) is 4.90 Å². The third-order valence-electron chi connectivity index (χ3n) is 3.89. The number of rotatable bonds is 8. The van der Waals surface area contributed by atoms with E-state index in [0.717, 1.165) is 5.56 Å². The molecule has 0 saturated heterocycles. The lowest BCUT2D eigenvalue weighted by molar-refractivity contribution is -0.142. The second-order valence-corrected chi connectivity index (χ2v) is 6.26. The lowest BCUT2D eigenvalue weighted by Gasteiger charge is -2.28. The van der Waals surface area contributed by atoms with Gasteiger partial charge in [0.15, 0.2) is 6.61 Å². The van der Waals surface area contributed by atoms with Crippen molar-refractivity contribution in [3.63, 3.8) is 0 Å². The topological polar surface area (TPSA) is 58.6 Å². The molecule has 2 aromatic carbocycles. The van der Waals surface area contributed by atoms with E-state index in [1.807, 2.05) is 37.3 Å². The van der Waals surface area contributed by atoms with E-state index >= 15 is 0 Å². The van der Waals surface area contributed by atoms with E-state index in [4.69, 9.17) is 16.3 Å². The highest BCUT2D eigenvalue weighted by atomic mass is 35.5. The molecule has 0 unspecified atom stereocenters. The Morgan fingerprint density at radius 1 is 1.12 bits per heavy atom. The summed E-state index contributed by atoms with van der Waals surface area (Å²) in [6.45, 7) is 4.22. The monoisotopic (exact) mass is 374 g/mol. The van der Waals surface area contributed by atoms with Gasteiger partial charge in [-0.1, -0.05) is 41.9 Å². The van der Waals surface area contributed by atoms with Gasteiger partial charge in [0.1, 0.15) is 11.8 Å². The number of halogens is 1. The van der Waals surface area contributed by atoms with Crippen molar-refractivity contribution in [1.29, 1.82) is 0 Å². The summed E-state index contributed by atoms with van der Waals surface area (Å²) in [6.07, 6.45) is 0. The van der Waals surface area contributed by atoms with Crippen LogP contribution in [0.2, 0.25) is 5.02 Å². The molecule has 0 heterocycles. The van der Waals surface area contributed by atoms with E-state index < -0.39 is 6.04 Å². The van der Waals surface area contributed by atoms with Crippen LogP contribution in [-0.2, 0) is 16.1 Å². The smallest absolute Gasteiger partial charge is 0.261 e. The maximum atomic E-state index is 12.7. The van der Waals surface area contributed by atoms with Gasteiger partial charge in [0, 0.05) is 18.1 Å². The quantitative estimate of drug-likeness (QED) is 0.771. The number of carbonyl (C=O) groups excluding carboxylic acids is 2.